The van der Waals surface area contributed by atoms with Crippen LogP contribution in [0, 0.1) is 12.7 Å². The van der Waals surface area contributed by atoms with Gasteiger partial charge >= 0.3 is 0 Å². The van der Waals surface area contributed by atoms with Gasteiger partial charge in [-0.3, -0.25) is 0 Å². The van der Waals surface area contributed by atoms with Crippen LogP contribution < -0.4 is 15.8 Å². The number of hydrogen-bond donors (Lipinski definition) is 2. The summed E-state index contributed by atoms with van der Waals surface area (Å²) >= 11 is 6.20. The summed E-state index contributed by atoms with van der Waals surface area (Å²) in [5.74, 6) is 0.303. The van der Waals surface area contributed by atoms with E-state index in [9.17, 15) is 4.39 Å². The minimum atomic E-state index is -0.495. The van der Waals surface area contributed by atoms with E-state index >= 15 is 0 Å². The first-order chi connectivity index (χ1) is 12.9. The average molecular weight is 389 g/mol. The lowest BCUT2D eigenvalue weighted by atomic mass is 9.95. The number of nitrogen functional groups attached to an aromatic ring is 1. The number of ether oxygens (including phenoxy) is 1. The molecule has 0 amide bonds. The van der Waals surface area contributed by atoms with Gasteiger partial charge in [0.1, 0.15) is 17.9 Å². The van der Waals surface area contributed by atoms with E-state index in [1.54, 1.807) is 16.9 Å². The summed E-state index contributed by atoms with van der Waals surface area (Å²) < 4.78 is 22.1. The van der Waals surface area contributed by atoms with Gasteiger partial charge in [-0.05, 0) is 19.9 Å². The van der Waals surface area contributed by atoms with E-state index in [4.69, 9.17) is 22.1 Å². The summed E-state index contributed by atoms with van der Waals surface area (Å²) in [6, 6.07) is 1.25. The summed E-state index contributed by atoms with van der Waals surface area (Å²) in [5, 5.41) is 8.30. The number of fused-ring (bicyclic) bond motifs is 1. The van der Waals surface area contributed by atoms with Crippen LogP contribution in [-0.2, 0) is 0 Å². The minimum Gasteiger partial charge on any atom is -0.496 e. The van der Waals surface area contributed by atoms with Gasteiger partial charge in [0.15, 0.2) is 11.5 Å². The van der Waals surface area contributed by atoms with Crippen molar-refractivity contribution >= 4 is 34.0 Å². The molecule has 0 bridgehead atoms. The highest BCUT2D eigenvalue weighted by molar-refractivity contribution is 6.31. The number of nitrogens with zero attached hydrogens (tertiary/aromatic N) is 4. The van der Waals surface area contributed by atoms with Gasteiger partial charge < -0.3 is 15.8 Å². The number of rotatable bonds is 4. The van der Waals surface area contributed by atoms with Crippen LogP contribution in [-0.4, -0.2) is 33.4 Å². The molecule has 3 heterocycles. The average Bonchev–Trinajstić information content (AvgIpc) is 2.94. The van der Waals surface area contributed by atoms with Crippen molar-refractivity contribution in [1.82, 2.24) is 25.1 Å². The molecule has 4 rings (SSSR count). The molecule has 0 radical (unpaired) electrons. The molecule has 0 spiro atoms. The van der Waals surface area contributed by atoms with Gasteiger partial charge in [0.2, 0.25) is 0 Å². The second-order valence-electron chi connectivity index (χ2n) is 6.38. The quantitative estimate of drug-likeness (QED) is 0.713. The van der Waals surface area contributed by atoms with Crippen molar-refractivity contribution in [3.05, 3.63) is 46.3 Å². The van der Waals surface area contributed by atoms with Crippen LogP contribution in [0.25, 0.3) is 16.6 Å². The zero-order valence-corrected chi connectivity index (χ0v) is 15.8. The smallest absolute Gasteiger partial charge is 0.164 e. The molecule has 0 fully saturated rings. The molecule has 27 heavy (non-hydrogen) atoms. The Kier molecular flexibility index (Phi) is 4.15. The Bertz CT molecular complexity index is 1090. The van der Waals surface area contributed by atoms with Gasteiger partial charge in [-0.2, -0.15) is 5.10 Å². The number of nitrogens with two attached hydrogens (primary N) is 1. The third-order valence-electron chi connectivity index (χ3n) is 4.80. The Morgan fingerprint density at radius 2 is 2.15 bits per heavy atom. The van der Waals surface area contributed by atoms with E-state index in [-0.39, 0.29) is 11.1 Å². The normalized spacial score (nSPS) is 14.5. The van der Waals surface area contributed by atoms with E-state index in [1.165, 1.54) is 13.4 Å². The van der Waals surface area contributed by atoms with Crippen LogP contribution in [0.15, 0.2) is 18.6 Å². The molecule has 1 aliphatic heterocycles. The van der Waals surface area contributed by atoms with E-state index < -0.39 is 5.82 Å². The number of halogens is 2. The molecule has 3 N–H and O–H groups in total. The lowest BCUT2D eigenvalue weighted by Crippen LogP contribution is -2.22. The van der Waals surface area contributed by atoms with Crippen LogP contribution in [0.2, 0.25) is 5.02 Å². The number of benzene rings is 1. The van der Waals surface area contributed by atoms with Crippen LogP contribution in [0.1, 0.15) is 29.8 Å². The van der Waals surface area contributed by atoms with Crippen molar-refractivity contribution in [2.45, 2.75) is 19.9 Å². The molecule has 9 heteroatoms. The maximum absolute atomic E-state index is 14.7. The Morgan fingerprint density at radius 3 is 2.78 bits per heavy atom. The van der Waals surface area contributed by atoms with Gasteiger partial charge in [-0.15, -0.1) is 0 Å². The van der Waals surface area contributed by atoms with E-state index in [0.717, 1.165) is 5.57 Å². The Morgan fingerprint density at radius 1 is 1.41 bits per heavy atom. The molecule has 0 saturated heterocycles. The predicted octanol–water partition coefficient (Wildman–Crippen LogP) is 3.07. The SMILES string of the molecule is COc1c(C(C)n2nc(C)c3c(N)ncnc32)cc(Cl)c(F)c1C1=CNC1. The number of aryl methyl sites for hydroxylation is 1. The highest BCUT2D eigenvalue weighted by atomic mass is 35.5. The number of aromatic nitrogens is 4. The first-order valence-corrected chi connectivity index (χ1v) is 8.75. The molecule has 1 aromatic carbocycles. The minimum absolute atomic E-state index is 0.0303. The third kappa shape index (κ3) is 2.59. The summed E-state index contributed by atoms with van der Waals surface area (Å²) in [7, 11) is 1.52. The van der Waals surface area contributed by atoms with Crippen molar-refractivity contribution in [3.63, 3.8) is 0 Å². The molecular weight excluding hydrogens is 371 g/mol. The van der Waals surface area contributed by atoms with Gasteiger partial charge in [-0.1, -0.05) is 11.6 Å². The molecule has 7 nitrogen and oxygen atoms in total. The van der Waals surface area contributed by atoms with Crippen molar-refractivity contribution in [2.75, 3.05) is 19.4 Å². The Hall–Kier alpha value is -2.87. The summed E-state index contributed by atoms with van der Waals surface area (Å²) in [6.07, 6.45) is 3.14. The van der Waals surface area contributed by atoms with Crippen LogP contribution >= 0.6 is 11.6 Å². The maximum Gasteiger partial charge on any atom is 0.164 e. The lowest BCUT2D eigenvalue weighted by molar-refractivity contribution is 0.395. The third-order valence-corrected chi connectivity index (χ3v) is 5.08. The molecule has 140 valence electrons. The molecule has 2 aromatic heterocycles. The van der Waals surface area contributed by atoms with E-state index in [1.807, 2.05) is 13.8 Å². The second kappa shape index (κ2) is 6.38. The summed E-state index contributed by atoms with van der Waals surface area (Å²) in [4.78, 5) is 8.36. The zero-order valence-electron chi connectivity index (χ0n) is 15.0. The fraction of sp³-hybridized carbons (Fsp3) is 0.278. The maximum atomic E-state index is 14.7. The fourth-order valence-corrected chi connectivity index (χ4v) is 3.59. The topological polar surface area (TPSA) is 90.9 Å². The number of anilines is 1. The van der Waals surface area contributed by atoms with Crippen molar-refractivity contribution < 1.29 is 9.13 Å². The molecule has 1 unspecified atom stereocenters. The van der Waals surface area contributed by atoms with Gasteiger partial charge in [0.25, 0.3) is 0 Å². The monoisotopic (exact) mass is 388 g/mol. The van der Waals surface area contributed by atoms with Crippen molar-refractivity contribution in [2.24, 2.45) is 0 Å². The van der Waals surface area contributed by atoms with Crippen LogP contribution in [0.5, 0.6) is 5.75 Å². The van der Waals surface area contributed by atoms with E-state index in [2.05, 4.69) is 20.4 Å². The Labute approximate surface area is 160 Å². The Balaban J connectivity index is 1.94. The van der Waals surface area contributed by atoms with E-state index in [0.29, 0.717) is 46.0 Å². The highest BCUT2D eigenvalue weighted by Crippen LogP contribution is 2.41. The second-order valence-corrected chi connectivity index (χ2v) is 6.79. The van der Waals surface area contributed by atoms with Crippen LogP contribution in [0.4, 0.5) is 10.2 Å². The van der Waals surface area contributed by atoms with Crippen LogP contribution in [0.3, 0.4) is 0 Å². The van der Waals surface area contributed by atoms with Crippen molar-refractivity contribution in [3.8, 4) is 5.75 Å². The predicted molar refractivity (Wildman–Crippen MR) is 102 cm³/mol. The first kappa shape index (κ1) is 17.5. The molecule has 0 saturated carbocycles. The number of hydrogen-bond acceptors (Lipinski definition) is 6. The fourth-order valence-electron chi connectivity index (χ4n) is 3.38. The molecular formula is C18H18ClFN6O. The van der Waals surface area contributed by atoms with Crippen molar-refractivity contribution in [1.29, 1.82) is 0 Å². The highest BCUT2D eigenvalue weighted by Gasteiger charge is 2.28. The summed E-state index contributed by atoms with van der Waals surface area (Å²) in [6.45, 7) is 4.32. The van der Waals surface area contributed by atoms with Gasteiger partial charge in [0.05, 0.1) is 34.8 Å². The number of nitrogens with one attached hydrogen (secondary N) is 1. The molecule has 3 aromatic rings. The molecule has 1 atom stereocenters. The first-order valence-electron chi connectivity index (χ1n) is 8.38. The lowest BCUT2D eigenvalue weighted by Gasteiger charge is -2.24. The molecule has 1 aliphatic rings. The molecule has 0 aliphatic carbocycles. The summed E-state index contributed by atoms with van der Waals surface area (Å²) in [5.41, 5.74) is 9.17. The zero-order chi connectivity index (χ0) is 19.3. The van der Waals surface area contributed by atoms with Gasteiger partial charge in [-0.25, -0.2) is 19.0 Å². The standard InChI is InChI=1S/C18H18ClFN6O/c1-8-13-17(21)23-7-24-18(13)26(25-8)9(2)11-4-12(19)15(20)14(16(11)27-3)10-5-22-6-10/h4-5,7,9,22H,6H2,1-3H3,(H2,21,23,24). The van der Waals surface area contributed by atoms with Gasteiger partial charge in [0, 0.05) is 23.9 Å². The number of methoxy groups -OCH3 is 1. The largest absolute Gasteiger partial charge is 0.496 e.